The van der Waals surface area contributed by atoms with Crippen LogP contribution in [0.1, 0.15) is 34.5 Å². The van der Waals surface area contributed by atoms with Crippen LogP contribution in [0.3, 0.4) is 0 Å². The lowest BCUT2D eigenvalue weighted by Gasteiger charge is -2.19. The summed E-state index contributed by atoms with van der Waals surface area (Å²) in [5, 5.41) is 0. The molecule has 0 fully saturated rings. The monoisotopic (exact) mass is 319 g/mol. The molecule has 2 rings (SSSR count). The number of ether oxygens (including phenoxy) is 1. The van der Waals surface area contributed by atoms with E-state index >= 15 is 0 Å². The van der Waals surface area contributed by atoms with E-state index < -0.39 is 0 Å². The Hall–Kier alpha value is -1.35. The van der Waals surface area contributed by atoms with Crippen LogP contribution in [0.5, 0.6) is 5.75 Å². The van der Waals surface area contributed by atoms with E-state index in [-0.39, 0.29) is 4.83 Å². The first-order valence-electron chi connectivity index (χ1n) is 6.33. The van der Waals surface area contributed by atoms with Gasteiger partial charge < -0.3 is 4.74 Å². The molecule has 1 heterocycles. The van der Waals surface area contributed by atoms with Gasteiger partial charge in [0.1, 0.15) is 5.75 Å². The van der Waals surface area contributed by atoms with Gasteiger partial charge in [-0.1, -0.05) is 41.1 Å². The molecular formula is C16H18BrNO. The second-order valence-corrected chi connectivity index (χ2v) is 5.66. The number of alkyl halides is 1. The fraction of sp³-hybridized carbons (Fsp3) is 0.312. The number of benzene rings is 1. The second-order valence-electron chi connectivity index (χ2n) is 4.67. The third-order valence-electron chi connectivity index (χ3n) is 3.34. The summed E-state index contributed by atoms with van der Waals surface area (Å²) in [6.07, 6.45) is 1.83. The molecule has 2 unspecified atom stereocenters. The van der Waals surface area contributed by atoms with E-state index in [4.69, 9.17) is 4.74 Å². The molecule has 1 aromatic heterocycles. The Kier molecular flexibility index (Phi) is 4.59. The molecule has 100 valence electrons. The minimum atomic E-state index is 0.219. The first-order chi connectivity index (χ1) is 9.13. The van der Waals surface area contributed by atoms with Crippen LogP contribution in [0.15, 0.2) is 42.6 Å². The summed E-state index contributed by atoms with van der Waals surface area (Å²) < 4.78 is 5.38. The summed E-state index contributed by atoms with van der Waals surface area (Å²) in [7, 11) is 1.71. The molecule has 0 radical (unpaired) electrons. The fourth-order valence-corrected chi connectivity index (χ4v) is 2.65. The first kappa shape index (κ1) is 14.1. The molecule has 0 N–H and O–H groups in total. The van der Waals surface area contributed by atoms with Gasteiger partial charge in [-0.15, -0.1) is 0 Å². The van der Waals surface area contributed by atoms with E-state index in [0.717, 1.165) is 17.0 Å². The molecule has 3 heteroatoms. The highest BCUT2D eigenvalue weighted by Gasteiger charge is 2.19. The standard InChI is InChI=1S/C16H18BrNO/c1-11-7-8-13(10-15(11)19-3)16(17)12(2)14-6-4-5-9-18-14/h4-10,12,16H,1-3H3. The van der Waals surface area contributed by atoms with Gasteiger partial charge in [0.25, 0.3) is 0 Å². The average Bonchev–Trinajstić information content (AvgIpc) is 2.47. The number of halogens is 1. The molecule has 19 heavy (non-hydrogen) atoms. The molecule has 0 saturated carbocycles. The molecule has 0 spiro atoms. The van der Waals surface area contributed by atoms with Crippen LogP contribution in [-0.4, -0.2) is 12.1 Å². The highest BCUT2D eigenvalue weighted by Crippen LogP contribution is 2.38. The highest BCUT2D eigenvalue weighted by molar-refractivity contribution is 9.09. The van der Waals surface area contributed by atoms with Crippen molar-refractivity contribution < 1.29 is 4.74 Å². The molecule has 0 bridgehead atoms. The van der Waals surface area contributed by atoms with Crippen LogP contribution in [0.25, 0.3) is 0 Å². The van der Waals surface area contributed by atoms with Crippen LogP contribution in [0.2, 0.25) is 0 Å². The van der Waals surface area contributed by atoms with Crippen molar-refractivity contribution in [1.29, 1.82) is 0 Å². The zero-order valence-electron chi connectivity index (χ0n) is 11.4. The van der Waals surface area contributed by atoms with Crippen LogP contribution in [-0.2, 0) is 0 Å². The predicted octanol–water partition coefficient (Wildman–Crippen LogP) is 4.64. The van der Waals surface area contributed by atoms with Crippen LogP contribution >= 0.6 is 15.9 Å². The lowest BCUT2D eigenvalue weighted by molar-refractivity contribution is 0.411. The smallest absolute Gasteiger partial charge is 0.122 e. The van der Waals surface area contributed by atoms with Gasteiger partial charge in [-0.3, -0.25) is 4.98 Å². The summed E-state index contributed by atoms with van der Waals surface area (Å²) in [5.41, 5.74) is 3.45. The molecule has 0 aliphatic carbocycles. The van der Waals surface area contributed by atoms with E-state index in [1.54, 1.807) is 7.11 Å². The van der Waals surface area contributed by atoms with Crippen molar-refractivity contribution in [3.8, 4) is 5.75 Å². The molecule has 2 aromatic rings. The number of rotatable bonds is 4. The van der Waals surface area contributed by atoms with E-state index in [1.807, 2.05) is 25.3 Å². The van der Waals surface area contributed by atoms with Crippen molar-refractivity contribution in [2.75, 3.05) is 7.11 Å². The Bertz CT molecular complexity index is 542. The Morgan fingerprint density at radius 2 is 2.00 bits per heavy atom. The van der Waals surface area contributed by atoms with E-state index in [1.165, 1.54) is 5.56 Å². The molecule has 0 aliphatic heterocycles. The van der Waals surface area contributed by atoms with Gasteiger partial charge in [-0.2, -0.15) is 0 Å². The largest absolute Gasteiger partial charge is 0.496 e. The Morgan fingerprint density at radius 3 is 2.63 bits per heavy atom. The van der Waals surface area contributed by atoms with Crippen LogP contribution in [0, 0.1) is 6.92 Å². The van der Waals surface area contributed by atoms with E-state index in [0.29, 0.717) is 5.92 Å². The maximum atomic E-state index is 5.38. The quantitative estimate of drug-likeness (QED) is 0.766. The number of nitrogens with zero attached hydrogens (tertiary/aromatic N) is 1. The highest BCUT2D eigenvalue weighted by atomic mass is 79.9. The minimum Gasteiger partial charge on any atom is -0.496 e. The predicted molar refractivity (Wildman–Crippen MR) is 82.1 cm³/mol. The van der Waals surface area contributed by atoms with Crippen molar-refractivity contribution >= 4 is 15.9 Å². The molecule has 0 aliphatic rings. The second kappa shape index (κ2) is 6.20. The van der Waals surface area contributed by atoms with Crippen LogP contribution in [0.4, 0.5) is 0 Å². The normalized spacial score (nSPS) is 13.9. The van der Waals surface area contributed by atoms with Gasteiger partial charge in [0, 0.05) is 22.6 Å². The fourth-order valence-electron chi connectivity index (χ4n) is 2.09. The molecule has 2 nitrogen and oxygen atoms in total. The zero-order valence-corrected chi connectivity index (χ0v) is 13.0. The Morgan fingerprint density at radius 1 is 1.21 bits per heavy atom. The summed E-state index contributed by atoms with van der Waals surface area (Å²) in [6.45, 7) is 4.22. The van der Waals surface area contributed by atoms with Crippen molar-refractivity contribution in [3.63, 3.8) is 0 Å². The number of methoxy groups -OCH3 is 1. The maximum absolute atomic E-state index is 5.38. The van der Waals surface area contributed by atoms with Gasteiger partial charge >= 0.3 is 0 Å². The van der Waals surface area contributed by atoms with Gasteiger partial charge in [0.2, 0.25) is 0 Å². The third-order valence-corrected chi connectivity index (χ3v) is 4.67. The summed E-state index contributed by atoms with van der Waals surface area (Å²) in [6, 6.07) is 12.3. The average molecular weight is 320 g/mol. The molecule has 0 amide bonds. The topological polar surface area (TPSA) is 22.1 Å². The number of aromatic nitrogens is 1. The van der Waals surface area contributed by atoms with Crippen molar-refractivity contribution in [3.05, 3.63) is 59.4 Å². The maximum Gasteiger partial charge on any atom is 0.122 e. The third kappa shape index (κ3) is 3.16. The number of pyridine rings is 1. The first-order valence-corrected chi connectivity index (χ1v) is 7.24. The number of hydrogen-bond acceptors (Lipinski definition) is 2. The minimum absolute atomic E-state index is 0.219. The van der Waals surface area contributed by atoms with Crippen molar-refractivity contribution in [1.82, 2.24) is 4.98 Å². The van der Waals surface area contributed by atoms with Crippen molar-refractivity contribution in [2.24, 2.45) is 0 Å². The van der Waals surface area contributed by atoms with Gasteiger partial charge in [-0.25, -0.2) is 0 Å². The number of aryl methyl sites for hydroxylation is 1. The molecule has 1 aromatic carbocycles. The summed E-state index contributed by atoms with van der Waals surface area (Å²) >= 11 is 3.78. The van der Waals surface area contributed by atoms with Gasteiger partial charge in [0.05, 0.1) is 7.11 Å². The lowest BCUT2D eigenvalue weighted by Crippen LogP contribution is -2.04. The summed E-state index contributed by atoms with van der Waals surface area (Å²) in [4.78, 5) is 4.64. The molecular weight excluding hydrogens is 302 g/mol. The Balaban J connectivity index is 2.26. The molecule has 2 atom stereocenters. The molecule has 0 saturated heterocycles. The van der Waals surface area contributed by atoms with E-state index in [9.17, 15) is 0 Å². The van der Waals surface area contributed by atoms with Crippen LogP contribution < -0.4 is 4.74 Å². The number of hydrogen-bond donors (Lipinski definition) is 0. The van der Waals surface area contributed by atoms with Crippen molar-refractivity contribution in [2.45, 2.75) is 24.6 Å². The van der Waals surface area contributed by atoms with Gasteiger partial charge in [-0.05, 0) is 36.2 Å². The van der Waals surface area contributed by atoms with E-state index in [2.05, 4.69) is 52.1 Å². The van der Waals surface area contributed by atoms with Gasteiger partial charge in [0.15, 0.2) is 0 Å². The Labute approximate surface area is 123 Å². The lowest BCUT2D eigenvalue weighted by atomic mass is 9.96. The summed E-state index contributed by atoms with van der Waals surface area (Å²) in [5.74, 6) is 1.23. The zero-order chi connectivity index (χ0) is 13.8. The SMILES string of the molecule is COc1cc(C(Br)C(C)c2ccccn2)ccc1C.